The molecule has 134 valence electrons. The number of hydrogen-bond donors (Lipinski definition) is 4. The van der Waals surface area contributed by atoms with Crippen molar-refractivity contribution in [2.24, 2.45) is 5.92 Å². The maximum absolute atomic E-state index is 10.1. The lowest BCUT2D eigenvalue weighted by Crippen LogP contribution is -2.65. The Morgan fingerprint density at radius 2 is 1.78 bits per heavy atom. The van der Waals surface area contributed by atoms with Gasteiger partial charge in [-0.15, -0.1) is 0 Å². The smallest absolute Gasteiger partial charge is 0.187 e. The number of rotatable bonds is 3. The maximum Gasteiger partial charge on any atom is 0.187 e. The van der Waals surface area contributed by atoms with Gasteiger partial charge in [0.25, 0.3) is 0 Å². The van der Waals surface area contributed by atoms with Crippen molar-refractivity contribution in [3.8, 4) is 0 Å². The normalized spacial score (nSPS) is 52.6. The van der Waals surface area contributed by atoms with Crippen LogP contribution in [0.2, 0.25) is 0 Å². The Kier molecular flexibility index (Phi) is 4.51. The highest BCUT2D eigenvalue weighted by molar-refractivity contribution is 5.04. The average molecular weight is 332 g/mol. The third-order valence-electron chi connectivity index (χ3n) is 5.80. The summed E-state index contributed by atoms with van der Waals surface area (Å²) in [4.78, 5) is 0. The molecule has 0 aromatic rings. The van der Waals surface area contributed by atoms with E-state index in [9.17, 15) is 20.4 Å². The van der Waals surface area contributed by atoms with Crippen molar-refractivity contribution in [1.82, 2.24) is 0 Å². The molecular weight excluding hydrogens is 304 g/mol. The molecule has 0 radical (unpaired) electrons. The molecule has 7 heteroatoms. The summed E-state index contributed by atoms with van der Waals surface area (Å²) in [6.45, 7) is 5.70. The average Bonchev–Trinajstić information content (AvgIpc) is 2.48. The van der Waals surface area contributed by atoms with E-state index in [1.165, 1.54) is 0 Å². The minimum Gasteiger partial charge on any atom is -0.394 e. The van der Waals surface area contributed by atoms with Crippen molar-refractivity contribution in [2.75, 3.05) is 6.61 Å². The van der Waals surface area contributed by atoms with Crippen LogP contribution in [0.25, 0.3) is 0 Å². The van der Waals surface area contributed by atoms with Crippen LogP contribution in [0.4, 0.5) is 0 Å². The second-order valence-corrected chi connectivity index (χ2v) is 7.81. The van der Waals surface area contributed by atoms with Gasteiger partial charge in [-0.05, 0) is 46.0 Å². The Hall–Kier alpha value is -0.280. The van der Waals surface area contributed by atoms with Gasteiger partial charge in [0, 0.05) is 0 Å². The van der Waals surface area contributed by atoms with E-state index >= 15 is 0 Å². The van der Waals surface area contributed by atoms with Crippen molar-refractivity contribution in [3.05, 3.63) is 0 Å². The van der Waals surface area contributed by atoms with Gasteiger partial charge in [-0.25, -0.2) is 0 Å². The van der Waals surface area contributed by atoms with E-state index in [2.05, 4.69) is 13.8 Å². The van der Waals surface area contributed by atoms with E-state index in [1.807, 2.05) is 6.92 Å². The Morgan fingerprint density at radius 1 is 1.09 bits per heavy atom. The fraction of sp³-hybridized carbons (Fsp3) is 1.00. The van der Waals surface area contributed by atoms with E-state index in [0.29, 0.717) is 5.92 Å². The van der Waals surface area contributed by atoms with Crippen molar-refractivity contribution < 1.29 is 34.6 Å². The molecule has 0 aromatic heterocycles. The summed E-state index contributed by atoms with van der Waals surface area (Å²) in [7, 11) is 0. The molecule has 0 amide bonds. The van der Waals surface area contributed by atoms with Crippen LogP contribution in [-0.2, 0) is 14.2 Å². The molecule has 4 aliphatic rings. The minimum atomic E-state index is -1.42. The van der Waals surface area contributed by atoms with Gasteiger partial charge in [-0.2, -0.15) is 0 Å². The van der Waals surface area contributed by atoms with Gasteiger partial charge in [0.15, 0.2) is 6.29 Å². The lowest BCUT2D eigenvalue weighted by Gasteiger charge is -2.58. The quantitative estimate of drug-likeness (QED) is 0.554. The second kappa shape index (κ2) is 5.91. The maximum atomic E-state index is 10.1. The van der Waals surface area contributed by atoms with E-state index in [-0.39, 0.29) is 11.7 Å². The van der Waals surface area contributed by atoms with Crippen LogP contribution in [0.1, 0.15) is 40.0 Å². The van der Waals surface area contributed by atoms with Crippen molar-refractivity contribution in [2.45, 2.75) is 88.0 Å². The molecule has 0 spiro atoms. The molecule has 3 heterocycles. The van der Waals surface area contributed by atoms with Gasteiger partial charge in [0.2, 0.25) is 0 Å². The zero-order valence-corrected chi connectivity index (χ0v) is 13.9. The third kappa shape index (κ3) is 2.93. The fourth-order valence-corrected chi connectivity index (χ4v) is 4.22. The molecule has 4 N–H and O–H groups in total. The molecule has 7 nitrogen and oxygen atoms in total. The summed E-state index contributed by atoms with van der Waals surface area (Å²) in [5.41, 5.74) is -0.681. The first-order chi connectivity index (χ1) is 10.7. The number of fused-ring (bicyclic) bond motifs is 3. The number of ether oxygens (including phenoxy) is 3. The highest BCUT2D eigenvalue weighted by atomic mass is 16.7. The molecule has 1 aliphatic carbocycles. The topological polar surface area (TPSA) is 109 Å². The van der Waals surface area contributed by atoms with E-state index < -0.39 is 42.9 Å². The summed E-state index contributed by atoms with van der Waals surface area (Å²) >= 11 is 0. The highest BCUT2D eigenvalue weighted by Crippen LogP contribution is 2.51. The van der Waals surface area contributed by atoms with E-state index in [4.69, 9.17) is 14.2 Å². The van der Waals surface area contributed by atoms with Gasteiger partial charge in [0.1, 0.15) is 24.4 Å². The largest absolute Gasteiger partial charge is 0.394 e. The fourth-order valence-electron chi connectivity index (χ4n) is 4.22. The molecule has 8 atom stereocenters. The van der Waals surface area contributed by atoms with Gasteiger partial charge in [-0.3, -0.25) is 0 Å². The molecule has 1 saturated carbocycles. The summed E-state index contributed by atoms with van der Waals surface area (Å²) in [6.07, 6.45) is -3.76. The molecular formula is C16H28O7. The zero-order chi connectivity index (χ0) is 17.0. The SMILES string of the molecule is CC1(C)O[C@@]2(C)CC[C@@H]1C[C@H]2O[C@@H]1O[C@H](CO)[C@@H](O)[C@H](O)[C@H]1O. The van der Waals surface area contributed by atoms with Gasteiger partial charge in [0.05, 0.1) is 23.9 Å². The van der Waals surface area contributed by atoms with Crippen molar-refractivity contribution in [1.29, 1.82) is 0 Å². The van der Waals surface area contributed by atoms with Crippen LogP contribution in [0, 0.1) is 5.92 Å². The zero-order valence-electron chi connectivity index (χ0n) is 13.9. The number of hydrogen-bond acceptors (Lipinski definition) is 7. The minimum absolute atomic E-state index is 0.206. The van der Waals surface area contributed by atoms with Gasteiger partial charge < -0.3 is 34.6 Å². The summed E-state index contributed by atoms with van der Waals surface area (Å²) < 4.78 is 17.6. The molecule has 2 bridgehead atoms. The number of aliphatic hydroxyl groups excluding tert-OH is 4. The highest BCUT2D eigenvalue weighted by Gasteiger charge is 2.56. The molecule has 3 aliphatic heterocycles. The van der Waals surface area contributed by atoms with E-state index in [1.54, 1.807) is 0 Å². The van der Waals surface area contributed by atoms with E-state index in [0.717, 1.165) is 19.3 Å². The summed E-state index contributed by atoms with van der Waals surface area (Å²) in [5, 5.41) is 39.1. The summed E-state index contributed by atoms with van der Waals surface area (Å²) in [6, 6.07) is 0. The Bertz CT molecular complexity index is 440. The third-order valence-corrected chi connectivity index (χ3v) is 5.80. The first-order valence-electron chi connectivity index (χ1n) is 8.34. The monoisotopic (exact) mass is 332 g/mol. The van der Waals surface area contributed by atoms with Crippen LogP contribution < -0.4 is 0 Å². The standard InChI is InChI=1S/C16H28O7/c1-15(2)8-4-5-16(3,23-15)10(6-8)22-14-13(20)12(19)11(18)9(7-17)21-14/h8-14,17-20H,4-7H2,1-3H3/t8-,9-,10-,11-,12+,13-,14+,16+/m1/s1. The summed E-state index contributed by atoms with van der Waals surface area (Å²) in [5.74, 6) is 0.360. The van der Waals surface area contributed by atoms with Crippen LogP contribution in [0.5, 0.6) is 0 Å². The lowest BCUT2D eigenvalue weighted by molar-refractivity contribution is -0.353. The van der Waals surface area contributed by atoms with Crippen molar-refractivity contribution >= 4 is 0 Å². The predicted molar refractivity (Wildman–Crippen MR) is 79.6 cm³/mol. The molecule has 4 fully saturated rings. The van der Waals surface area contributed by atoms with Crippen molar-refractivity contribution in [3.63, 3.8) is 0 Å². The Balaban J connectivity index is 1.72. The molecule has 0 aromatic carbocycles. The number of aliphatic hydroxyl groups is 4. The van der Waals surface area contributed by atoms with Crippen LogP contribution in [0.15, 0.2) is 0 Å². The molecule has 23 heavy (non-hydrogen) atoms. The molecule has 3 saturated heterocycles. The Labute approximate surface area is 136 Å². The Morgan fingerprint density at radius 3 is 2.35 bits per heavy atom. The first-order valence-corrected chi connectivity index (χ1v) is 8.34. The second-order valence-electron chi connectivity index (χ2n) is 7.81. The first kappa shape index (κ1) is 17.5. The molecule has 0 unspecified atom stereocenters. The van der Waals surface area contributed by atoms with Crippen LogP contribution >= 0.6 is 0 Å². The predicted octanol–water partition coefficient (Wildman–Crippen LogP) is -0.461. The lowest BCUT2D eigenvalue weighted by atomic mass is 9.67. The van der Waals surface area contributed by atoms with Gasteiger partial charge >= 0.3 is 0 Å². The van der Waals surface area contributed by atoms with Crippen LogP contribution in [-0.4, -0.2) is 75.0 Å². The van der Waals surface area contributed by atoms with Crippen LogP contribution in [0.3, 0.4) is 0 Å². The van der Waals surface area contributed by atoms with Gasteiger partial charge in [-0.1, -0.05) is 0 Å². The molecule has 4 rings (SSSR count).